The number of nitrogens with zero attached hydrogens (tertiary/aromatic N) is 5. The second-order valence-electron chi connectivity index (χ2n) is 6.24. The van der Waals surface area contributed by atoms with Gasteiger partial charge < -0.3 is 9.47 Å². The lowest BCUT2D eigenvalue weighted by Gasteiger charge is -2.27. The first-order chi connectivity index (χ1) is 11.4. The maximum atomic E-state index is 12.7. The van der Waals surface area contributed by atoms with Gasteiger partial charge in [0.1, 0.15) is 0 Å². The summed E-state index contributed by atoms with van der Waals surface area (Å²) in [6.07, 6.45) is 5.26. The Balaban J connectivity index is 2.30. The van der Waals surface area contributed by atoms with Crippen molar-refractivity contribution in [3.05, 3.63) is 31.9 Å². The summed E-state index contributed by atoms with van der Waals surface area (Å²) in [6.45, 7) is 4.06. The average Bonchev–Trinajstić information content (AvgIpc) is 2.96. The topological polar surface area (TPSA) is 65.1 Å². The van der Waals surface area contributed by atoms with Crippen molar-refractivity contribution < 1.29 is 0 Å². The van der Waals surface area contributed by atoms with Crippen LogP contribution in [0.5, 0.6) is 0 Å². The first-order valence-electron chi connectivity index (χ1n) is 8.15. The number of fused-ring (bicyclic) bond motifs is 1. The van der Waals surface area contributed by atoms with Gasteiger partial charge in [0.05, 0.1) is 0 Å². The highest BCUT2D eigenvalue weighted by atomic mass is 35.5. The van der Waals surface area contributed by atoms with Gasteiger partial charge in [0.2, 0.25) is 5.95 Å². The third-order valence-corrected chi connectivity index (χ3v) is 4.68. The van der Waals surface area contributed by atoms with Gasteiger partial charge in [-0.2, -0.15) is 4.98 Å². The maximum absolute atomic E-state index is 12.7. The summed E-state index contributed by atoms with van der Waals surface area (Å²) >= 11 is 5.99. The fourth-order valence-corrected chi connectivity index (χ4v) is 3.23. The van der Waals surface area contributed by atoms with Crippen molar-refractivity contribution in [1.82, 2.24) is 18.7 Å². The van der Waals surface area contributed by atoms with E-state index in [4.69, 9.17) is 11.6 Å². The van der Waals surface area contributed by atoms with Crippen LogP contribution in [-0.4, -0.2) is 31.8 Å². The number of hydrogen-bond acceptors (Lipinski definition) is 4. The summed E-state index contributed by atoms with van der Waals surface area (Å²) in [6, 6.07) is 0. The van der Waals surface area contributed by atoms with Crippen molar-refractivity contribution in [2.75, 3.05) is 18.0 Å². The predicted molar refractivity (Wildman–Crippen MR) is 95.9 cm³/mol. The fourth-order valence-electron chi connectivity index (χ4n) is 3.16. The lowest BCUT2D eigenvalue weighted by Crippen LogP contribution is -2.37. The molecule has 2 aromatic rings. The molecule has 0 aromatic carbocycles. The first kappa shape index (κ1) is 16.8. The van der Waals surface area contributed by atoms with Gasteiger partial charge in [-0.15, -0.1) is 0 Å². The Morgan fingerprint density at radius 1 is 1.17 bits per heavy atom. The standard InChI is InChI=1S/C16H22ClN5O2/c1-11(17)7-10-22-12-13(19(2)16(24)20(3)14(12)23)18-15(22)21-8-5-4-6-9-21/h7H,4-6,8-10H2,1-3H3/b11-7+. The van der Waals surface area contributed by atoms with Gasteiger partial charge in [-0.3, -0.25) is 13.9 Å². The molecular weight excluding hydrogens is 330 g/mol. The maximum Gasteiger partial charge on any atom is 0.332 e. The molecule has 0 N–H and O–H groups in total. The minimum atomic E-state index is -0.369. The number of aryl methyl sites for hydroxylation is 1. The molecule has 0 atom stereocenters. The van der Waals surface area contributed by atoms with E-state index in [-0.39, 0.29) is 11.2 Å². The number of imidazole rings is 1. The molecule has 24 heavy (non-hydrogen) atoms. The average molecular weight is 352 g/mol. The molecule has 130 valence electrons. The van der Waals surface area contributed by atoms with Crippen molar-refractivity contribution in [1.29, 1.82) is 0 Å². The number of piperidine rings is 1. The molecule has 1 saturated heterocycles. The monoisotopic (exact) mass is 351 g/mol. The normalized spacial score (nSPS) is 16.2. The second-order valence-corrected chi connectivity index (χ2v) is 6.84. The quantitative estimate of drug-likeness (QED) is 0.842. The number of anilines is 1. The van der Waals surface area contributed by atoms with Crippen molar-refractivity contribution in [2.45, 2.75) is 32.7 Å². The summed E-state index contributed by atoms with van der Waals surface area (Å²) in [5.74, 6) is 0.733. The largest absolute Gasteiger partial charge is 0.342 e. The van der Waals surface area contributed by atoms with Gasteiger partial charge in [-0.1, -0.05) is 17.7 Å². The third-order valence-electron chi connectivity index (χ3n) is 4.52. The predicted octanol–water partition coefficient (Wildman–Crippen LogP) is 1.57. The van der Waals surface area contributed by atoms with Crippen LogP contribution in [-0.2, 0) is 20.6 Å². The van der Waals surface area contributed by atoms with Gasteiger partial charge in [0, 0.05) is 38.8 Å². The molecule has 2 aromatic heterocycles. The Kier molecular flexibility index (Phi) is 4.54. The summed E-state index contributed by atoms with van der Waals surface area (Å²) < 4.78 is 4.42. The summed E-state index contributed by atoms with van der Waals surface area (Å²) in [7, 11) is 3.13. The zero-order chi connectivity index (χ0) is 17.4. The molecule has 0 spiro atoms. The lowest BCUT2D eigenvalue weighted by molar-refractivity contribution is 0.560. The third kappa shape index (κ3) is 2.77. The molecule has 0 radical (unpaired) electrons. The molecule has 0 aliphatic carbocycles. The molecule has 3 rings (SSSR count). The van der Waals surface area contributed by atoms with E-state index in [2.05, 4.69) is 9.88 Å². The van der Waals surface area contributed by atoms with Crippen molar-refractivity contribution in [3.8, 4) is 0 Å². The molecule has 1 aliphatic heterocycles. The minimum Gasteiger partial charge on any atom is -0.342 e. The van der Waals surface area contributed by atoms with E-state index in [9.17, 15) is 9.59 Å². The van der Waals surface area contributed by atoms with E-state index in [1.165, 1.54) is 18.0 Å². The summed E-state index contributed by atoms with van der Waals surface area (Å²) in [5.41, 5.74) is 0.162. The number of allylic oxidation sites excluding steroid dienone is 2. The molecule has 0 amide bonds. The summed E-state index contributed by atoms with van der Waals surface area (Å²) in [5, 5.41) is 0.656. The van der Waals surface area contributed by atoms with Gasteiger partial charge in [0.25, 0.3) is 5.56 Å². The molecule has 3 heterocycles. The number of aromatic nitrogens is 4. The zero-order valence-corrected chi connectivity index (χ0v) is 15.0. The van der Waals surface area contributed by atoms with Crippen LogP contribution in [0.25, 0.3) is 11.2 Å². The Labute approximate surface area is 144 Å². The first-order valence-corrected chi connectivity index (χ1v) is 8.53. The molecule has 1 fully saturated rings. The van der Waals surface area contributed by atoms with Crippen LogP contribution in [0.4, 0.5) is 5.95 Å². The zero-order valence-electron chi connectivity index (χ0n) is 14.3. The van der Waals surface area contributed by atoms with Gasteiger partial charge in [-0.05, 0) is 26.2 Å². The minimum absolute atomic E-state index is 0.329. The number of halogens is 1. The van der Waals surface area contributed by atoms with E-state index in [0.717, 1.165) is 36.4 Å². The Hall–Kier alpha value is -2.02. The summed E-state index contributed by atoms with van der Waals surface area (Å²) in [4.78, 5) is 31.7. The van der Waals surface area contributed by atoms with Crippen LogP contribution in [0.15, 0.2) is 20.7 Å². The lowest BCUT2D eigenvalue weighted by atomic mass is 10.1. The number of hydrogen-bond donors (Lipinski definition) is 0. The van der Waals surface area contributed by atoms with E-state index in [0.29, 0.717) is 22.7 Å². The highest BCUT2D eigenvalue weighted by Crippen LogP contribution is 2.23. The van der Waals surface area contributed by atoms with Crippen molar-refractivity contribution in [2.24, 2.45) is 14.1 Å². The van der Waals surface area contributed by atoms with Gasteiger partial charge in [0.15, 0.2) is 11.2 Å². The van der Waals surface area contributed by atoms with E-state index < -0.39 is 0 Å². The molecule has 0 unspecified atom stereocenters. The van der Waals surface area contributed by atoms with E-state index in [1.54, 1.807) is 14.0 Å². The molecule has 8 heteroatoms. The van der Waals surface area contributed by atoms with Crippen molar-refractivity contribution >= 4 is 28.7 Å². The van der Waals surface area contributed by atoms with E-state index >= 15 is 0 Å². The van der Waals surface area contributed by atoms with Crippen molar-refractivity contribution in [3.63, 3.8) is 0 Å². The van der Waals surface area contributed by atoms with Gasteiger partial charge in [-0.25, -0.2) is 4.79 Å². The van der Waals surface area contributed by atoms with Crippen LogP contribution in [0, 0.1) is 0 Å². The Morgan fingerprint density at radius 3 is 2.46 bits per heavy atom. The molecular formula is C16H22ClN5O2. The molecule has 0 saturated carbocycles. The van der Waals surface area contributed by atoms with Crippen LogP contribution in [0.2, 0.25) is 0 Å². The SMILES string of the molecule is C/C(Cl)=C\Cn1c(N2CCCCC2)nc2c1c(=O)n(C)c(=O)n2C. The number of rotatable bonds is 3. The molecule has 0 bridgehead atoms. The highest BCUT2D eigenvalue weighted by Gasteiger charge is 2.23. The van der Waals surface area contributed by atoms with Gasteiger partial charge >= 0.3 is 5.69 Å². The highest BCUT2D eigenvalue weighted by molar-refractivity contribution is 6.29. The molecule has 7 nitrogen and oxygen atoms in total. The fraction of sp³-hybridized carbons (Fsp3) is 0.562. The van der Waals surface area contributed by atoms with Crippen LogP contribution in [0.3, 0.4) is 0 Å². The van der Waals surface area contributed by atoms with Crippen LogP contribution < -0.4 is 16.1 Å². The Bertz CT molecular complexity index is 911. The smallest absolute Gasteiger partial charge is 0.332 e. The van der Waals surface area contributed by atoms with Crippen LogP contribution >= 0.6 is 11.6 Å². The van der Waals surface area contributed by atoms with Crippen LogP contribution in [0.1, 0.15) is 26.2 Å². The second kappa shape index (κ2) is 6.47. The molecule has 1 aliphatic rings. The Morgan fingerprint density at radius 2 is 1.83 bits per heavy atom. The van der Waals surface area contributed by atoms with E-state index in [1.807, 2.05) is 10.6 Å².